The van der Waals surface area contributed by atoms with Gasteiger partial charge in [-0.05, 0) is 56.0 Å². The summed E-state index contributed by atoms with van der Waals surface area (Å²) in [4.78, 5) is 2.45. The summed E-state index contributed by atoms with van der Waals surface area (Å²) in [6.07, 6.45) is 3.44. The van der Waals surface area contributed by atoms with E-state index in [2.05, 4.69) is 68.6 Å². The number of likely N-dealkylation sites (N-methyl/N-ethyl adjacent to an activating group) is 1. The molecule has 120 valence electrons. The molecule has 3 heteroatoms. The van der Waals surface area contributed by atoms with Gasteiger partial charge < -0.3 is 5.32 Å². The second-order valence-electron chi connectivity index (χ2n) is 6.00. The van der Waals surface area contributed by atoms with Crippen LogP contribution in [0.25, 0.3) is 0 Å². The summed E-state index contributed by atoms with van der Waals surface area (Å²) in [6.45, 7) is 9.90. The van der Waals surface area contributed by atoms with E-state index in [1.165, 1.54) is 23.3 Å². The van der Waals surface area contributed by atoms with Crippen molar-refractivity contribution in [3.05, 3.63) is 35.4 Å². The SMILES string of the molecule is CCNCC(C)c1ccc(CN(C)C(C)CCSC)cc1. The largest absolute Gasteiger partial charge is 0.316 e. The van der Waals surface area contributed by atoms with Gasteiger partial charge in [0.05, 0.1) is 0 Å². The average molecular weight is 309 g/mol. The molecule has 0 amide bonds. The van der Waals surface area contributed by atoms with Crippen molar-refractivity contribution in [2.45, 2.75) is 45.7 Å². The number of hydrogen-bond acceptors (Lipinski definition) is 3. The lowest BCUT2D eigenvalue weighted by Gasteiger charge is -2.24. The van der Waals surface area contributed by atoms with Crippen molar-refractivity contribution in [1.82, 2.24) is 10.2 Å². The maximum atomic E-state index is 3.42. The van der Waals surface area contributed by atoms with Crippen LogP contribution >= 0.6 is 11.8 Å². The van der Waals surface area contributed by atoms with Crippen LogP contribution in [0.3, 0.4) is 0 Å². The second-order valence-corrected chi connectivity index (χ2v) is 6.98. The molecule has 0 bridgehead atoms. The lowest BCUT2D eigenvalue weighted by molar-refractivity contribution is 0.245. The highest BCUT2D eigenvalue weighted by Gasteiger charge is 2.10. The summed E-state index contributed by atoms with van der Waals surface area (Å²) in [5.41, 5.74) is 2.84. The van der Waals surface area contributed by atoms with Crippen molar-refractivity contribution >= 4 is 11.8 Å². The second kappa shape index (κ2) is 10.3. The van der Waals surface area contributed by atoms with Gasteiger partial charge in [-0.25, -0.2) is 0 Å². The van der Waals surface area contributed by atoms with Crippen molar-refractivity contribution in [3.8, 4) is 0 Å². The van der Waals surface area contributed by atoms with E-state index in [0.29, 0.717) is 12.0 Å². The molecule has 0 aromatic heterocycles. The zero-order valence-corrected chi connectivity index (χ0v) is 15.2. The van der Waals surface area contributed by atoms with Gasteiger partial charge in [0.1, 0.15) is 0 Å². The van der Waals surface area contributed by atoms with Crippen LogP contribution in [0.5, 0.6) is 0 Å². The van der Waals surface area contributed by atoms with Crippen molar-refractivity contribution in [3.63, 3.8) is 0 Å². The van der Waals surface area contributed by atoms with E-state index in [1.54, 1.807) is 0 Å². The highest BCUT2D eigenvalue weighted by molar-refractivity contribution is 7.98. The number of benzene rings is 1. The minimum Gasteiger partial charge on any atom is -0.316 e. The summed E-state index contributed by atoms with van der Waals surface area (Å²) >= 11 is 1.93. The predicted octanol–water partition coefficient (Wildman–Crippen LogP) is 3.97. The van der Waals surface area contributed by atoms with E-state index < -0.39 is 0 Å². The third kappa shape index (κ3) is 6.86. The Hall–Kier alpha value is -0.510. The molecule has 0 radical (unpaired) electrons. The van der Waals surface area contributed by atoms with Crippen LogP contribution in [0.4, 0.5) is 0 Å². The molecular formula is C18H32N2S. The van der Waals surface area contributed by atoms with Gasteiger partial charge in [0, 0.05) is 19.1 Å². The standard InChI is InChI=1S/C18H32N2S/c1-6-19-13-15(2)18-9-7-17(8-10-18)14-20(4)16(3)11-12-21-5/h7-10,15-16,19H,6,11-14H2,1-5H3. The number of rotatable bonds is 10. The Labute approximate surface area is 135 Å². The highest BCUT2D eigenvalue weighted by Crippen LogP contribution is 2.17. The van der Waals surface area contributed by atoms with E-state index in [0.717, 1.165) is 19.6 Å². The van der Waals surface area contributed by atoms with Crippen molar-refractivity contribution < 1.29 is 0 Å². The van der Waals surface area contributed by atoms with Crippen LogP contribution in [-0.2, 0) is 6.54 Å². The Kier molecular flexibility index (Phi) is 9.05. The molecule has 1 rings (SSSR count). The van der Waals surface area contributed by atoms with E-state index in [-0.39, 0.29) is 0 Å². The first-order valence-electron chi connectivity index (χ1n) is 8.07. The molecule has 2 nitrogen and oxygen atoms in total. The summed E-state index contributed by atoms with van der Waals surface area (Å²) in [5.74, 6) is 1.82. The van der Waals surface area contributed by atoms with Gasteiger partial charge >= 0.3 is 0 Å². The van der Waals surface area contributed by atoms with Gasteiger partial charge in [0.15, 0.2) is 0 Å². The van der Waals surface area contributed by atoms with Crippen molar-refractivity contribution in [2.75, 3.05) is 32.1 Å². The lowest BCUT2D eigenvalue weighted by atomic mass is 9.99. The van der Waals surface area contributed by atoms with Crippen LogP contribution in [0.2, 0.25) is 0 Å². The van der Waals surface area contributed by atoms with Crippen LogP contribution < -0.4 is 5.32 Å². The fourth-order valence-electron chi connectivity index (χ4n) is 2.38. The molecule has 0 heterocycles. The molecule has 2 unspecified atom stereocenters. The van der Waals surface area contributed by atoms with Crippen LogP contribution in [-0.4, -0.2) is 43.1 Å². The molecule has 1 aromatic rings. The monoisotopic (exact) mass is 308 g/mol. The van der Waals surface area contributed by atoms with Gasteiger partial charge in [-0.3, -0.25) is 4.90 Å². The molecule has 2 atom stereocenters. The normalized spacial score (nSPS) is 14.4. The first kappa shape index (κ1) is 18.5. The van der Waals surface area contributed by atoms with Gasteiger partial charge in [-0.2, -0.15) is 11.8 Å². The smallest absolute Gasteiger partial charge is 0.0233 e. The van der Waals surface area contributed by atoms with Gasteiger partial charge in [0.25, 0.3) is 0 Å². The van der Waals surface area contributed by atoms with E-state index in [1.807, 2.05) is 11.8 Å². The Morgan fingerprint density at radius 2 is 1.86 bits per heavy atom. The topological polar surface area (TPSA) is 15.3 Å². The fraction of sp³-hybridized carbons (Fsp3) is 0.667. The van der Waals surface area contributed by atoms with Gasteiger partial charge in [-0.15, -0.1) is 0 Å². The third-order valence-electron chi connectivity index (χ3n) is 4.17. The quantitative estimate of drug-likeness (QED) is 0.704. The Morgan fingerprint density at radius 1 is 1.19 bits per heavy atom. The average Bonchev–Trinajstić information content (AvgIpc) is 2.50. The summed E-state index contributed by atoms with van der Waals surface area (Å²) in [5, 5.41) is 3.42. The zero-order chi connectivity index (χ0) is 15.7. The van der Waals surface area contributed by atoms with Crippen LogP contribution in [0.15, 0.2) is 24.3 Å². The number of thioether (sulfide) groups is 1. The molecule has 1 N–H and O–H groups in total. The van der Waals surface area contributed by atoms with Gasteiger partial charge in [-0.1, -0.05) is 38.1 Å². The molecule has 0 saturated heterocycles. The molecule has 0 saturated carbocycles. The Balaban J connectivity index is 2.50. The maximum absolute atomic E-state index is 3.42. The fourth-order valence-corrected chi connectivity index (χ4v) is 2.96. The predicted molar refractivity (Wildman–Crippen MR) is 97.3 cm³/mol. The molecule has 21 heavy (non-hydrogen) atoms. The Morgan fingerprint density at radius 3 is 2.43 bits per heavy atom. The molecule has 0 aliphatic carbocycles. The zero-order valence-electron chi connectivity index (χ0n) is 14.4. The molecule has 1 aromatic carbocycles. The molecule has 0 spiro atoms. The molecule has 0 aliphatic heterocycles. The third-order valence-corrected chi connectivity index (χ3v) is 4.82. The summed E-state index contributed by atoms with van der Waals surface area (Å²) < 4.78 is 0. The van der Waals surface area contributed by atoms with E-state index >= 15 is 0 Å². The van der Waals surface area contributed by atoms with Gasteiger partial charge in [0.2, 0.25) is 0 Å². The first-order chi connectivity index (χ1) is 10.1. The minimum atomic E-state index is 0.581. The number of hydrogen-bond donors (Lipinski definition) is 1. The van der Waals surface area contributed by atoms with Crippen LogP contribution in [0, 0.1) is 0 Å². The summed E-state index contributed by atoms with van der Waals surface area (Å²) in [6, 6.07) is 9.80. The highest BCUT2D eigenvalue weighted by atomic mass is 32.2. The summed E-state index contributed by atoms with van der Waals surface area (Å²) in [7, 11) is 2.23. The number of nitrogens with one attached hydrogen (secondary N) is 1. The van der Waals surface area contributed by atoms with E-state index in [9.17, 15) is 0 Å². The van der Waals surface area contributed by atoms with Crippen LogP contribution in [0.1, 0.15) is 44.2 Å². The minimum absolute atomic E-state index is 0.581. The van der Waals surface area contributed by atoms with Crippen molar-refractivity contribution in [1.29, 1.82) is 0 Å². The molecule has 0 fully saturated rings. The van der Waals surface area contributed by atoms with Crippen molar-refractivity contribution in [2.24, 2.45) is 0 Å². The number of nitrogens with zero attached hydrogens (tertiary/aromatic N) is 1. The Bertz CT molecular complexity index is 377. The molecule has 0 aliphatic rings. The lowest BCUT2D eigenvalue weighted by Crippen LogP contribution is -2.29. The maximum Gasteiger partial charge on any atom is 0.0233 e. The van der Waals surface area contributed by atoms with E-state index in [4.69, 9.17) is 0 Å². The first-order valence-corrected chi connectivity index (χ1v) is 9.46. The molecular weight excluding hydrogens is 276 g/mol.